The highest BCUT2D eigenvalue weighted by atomic mass is 35.5. The first-order chi connectivity index (χ1) is 9.34. The van der Waals surface area contributed by atoms with Crippen LogP contribution in [0.3, 0.4) is 0 Å². The lowest BCUT2D eigenvalue weighted by molar-refractivity contribution is 0.285. The summed E-state index contributed by atoms with van der Waals surface area (Å²) >= 11 is 5.86. The van der Waals surface area contributed by atoms with Gasteiger partial charge in [-0.15, -0.1) is 0 Å². The molecule has 108 valence electrons. The van der Waals surface area contributed by atoms with Crippen LogP contribution < -0.4 is 5.73 Å². The molecular formula is C15H20ClN3O. The first-order valence-corrected chi connectivity index (χ1v) is 7.04. The molecule has 4 nitrogen and oxygen atoms in total. The molecule has 20 heavy (non-hydrogen) atoms. The summed E-state index contributed by atoms with van der Waals surface area (Å²) in [5, 5.41) is 4.72. The van der Waals surface area contributed by atoms with Gasteiger partial charge in [0.05, 0.1) is 0 Å². The van der Waals surface area contributed by atoms with Crippen molar-refractivity contribution in [2.75, 3.05) is 0 Å². The summed E-state index contributed by atoms with van der Waals surface area (Å²) in [6.07, 6.45) is 1.22. The lowest BCUT2D eigenvalue weighted by atomic mass is 9.85. The minimum absolute atomic E-state index is 0.00803. The fraction of sp³-hybridized carbons (Fsp3) is 0.467. The Morgan fingerprint density at radius 3 is 2.50 bits per heavy atom. The van der Waals surface area contributed by atoms with Gasteiger partial charge in [-0.3, -0.25) is 0 Å². The van der Waals surface area contributed by atoms with Gasteiger partial charge in [-0.25, -0.2) is 0 Å². The summed E-state index contributed by atoms with van der Waals surface area (Å²) in [6.45, 7) is 6.30. The summed E-state index contributed by atoms with van der Waals surface area (Å²) in [5.74, 6) is 1.26. The van der Waals surface area contributed by atoms with Crippen molar-refractivity contribution in [2.45, 2.75) is 39.7 Å². The lowest BCUT2D eigenvalue weighted by Crippen LogP contribution is -2.37. The van der Waals surface area contributed by atoms with E-state index in [1.54, 1.807) is 0 Å². The first-order valence-electron chi connectivity index (χ1n) is 6.66. The van der Waals surface area contributed by atoms with Crippen molar-refractivity contribution in [2.24, 2.45) is 11.1 Å². The Morgan fingerprint density at radius 1 is 1.25 bits per heavy atom. The molecule has 0 fully saturated rings. The molecular weight excluding hydrogens is 274 g/mol. The summed E-state index contributed by atoms with van der Waals surface area (Å²) in [6, 6.07) is 7.62. The van der Waals surface area contributed by atoms with Gasteiger partial charge in [0.1, 0.15) is 0 Å². The zero-order chi connectivity index (χ0) is 14.8. The van der Waals surface area contributed by atoms with Crippen LogP contribution in [0.15, 0.2) is 28.8 Å². The Hall–Kier alpha value is -1.39. The number of rotatable bonds is 4. The van der Waals surface area contributed by atoms with Crippen molar-refractivity contribution in [3.63, 3.8) is 0 Å². The van der Waals surface area contributed by atoms with Crippen molar-refractivity contribution in [3.8, 4) is 0 Å². The molecule has 0 amide bonds. The van der Waals surface area contributed by atoms with Crippen LogP contribution in [0.25, 0.3) is 0 Å². The second-order valence-electron chi connectivity index (χ2n) is 6.08. The number of halogens is 1. The molecule has 2 rings (SSSR count). The molecule has 0 spiro atoms. The lowest BCUT2D eigenvalue weighted by Gasteiger charge is -2.25. The van der Waals surface area contributed by atoms with E-state index in [1.807, 2.05) is 24.3 Å². The van der Waals surface area contributed by atoms with Crippen LogP contribution in [0, 0.1) is 5.41 Å². The SMILES string of the molecule is CC(C)(C)C(N)Cc1nc(Cc2ccc(Cl)cc2)no1. The van der Waals surface area contributed by atoms with E-state index < -0.39 is 0 Å². The van der Waals surface area contributed by atoms with Gasteiger partial charge in [0.2, 0.25) is 5.89 Å². The number of hydrogen-bond acceptors (Lipinski definition) is 4. The van der Waals surface area contributed by atoms with Gasteiger partial charge in [0.25, 0.3) is 0 Å². The van der Waals surface area contributed by atoms with Gasteiger partial charge in [0, 0.05) is 23.9 Å². The van der Waals surface area contributed by atoms with Crippen LogP contribution in [0.4, 0.5) is 0 Å². The third-order valence-electron chi connectivity index (χ3n) is 3.29. The third-order valence-corrected chi connectivity index (χ3v) is 3.54. The fourth-order valence-corrected chi connectivity index (χ4v) is 1.85. The van der Waals surface area contributed by atoms with Crippen molar-refractivity contribution in [3.05, 3.63) is 46.6 Å². The highest BCUT2D eigenvalue weighted by Crippen LogP contribution is 2.20. The minimum atomic E-state index is -0.00803. The zero-order valence-electron chi connectivity index (χ0n) is 12.1. The number of aromatic nitrogens is 2. The van der Waals surface area contributed by atoms with E-state index in [9.17, 15) is 0 Å². The maximum atomic E-state index is 6.12. The molecule has 2 aromatic rings. The van der Waals surface area contributed by atoms with Gasteiger partial charge >= 0.3 is 0 Å². The number of benzene rings is 1. The Bertz CT molecular complexity index is 557. The predicted octanol–water partition coefficient (Wildman–Crippen LogP) is 3.23. The third kappa shape index (κ3) is 4.05. The topological polar surface area (TPSA) is 64.9 Å². The van der Waals surface area contributed by atoms with Gasteiger partial charge in [-0.1, -0.05) is 49.7 Å². The monoisotopic (exact) mass is 293 g/mol. The van der Waals surface area contributed by atoms with Gasteiger partial charge in [-0.2, -0.15) is 4.98 Å². The second kappa shape index (κ2) is 5.94. The van der Waals surface area contributed by atoms with Crippen molar-refractivity contribution in [1.82, 2.24) is 10.1 Å². The van der Waals surface area contributed by atoms with Crippen LogP contribution >= 0.6 is 11.6 Å². The molecule has 2 N–H and O–H groups in total. The number of nitrogens with two attached hydrogens (primary N) is 1. The molecule has 0 saturated heterocycles. The van der Waals surface area contributed by atoms with Gasteiger partial charge in [0.15, 0.2) is 5.82 Å². The predicted molar refractivity (Wildman–Crippen MR) is 79.7 cm³/mol. The average Bonchev–Trinajstić information content (AvgIpc) is 2.78. The molecule has 0 saturated carbocycles. The quantitative estimate of drug-likeness (QED) is 0.940. The molecule has 0 bridgehead atoms. The molecule has 1 heterocycles. The summed E-state index contributed by atoms with van der Waals surface area (Å²) in [4.78, 5) is 4.39. The van der Waals surface area contributed by atoms with Crippen LogP contribution in [0.1, 0.15) is 38.0 Å². The summed E-state index contributed by atoms with van der Waals surface area (Å²) in [5.41, 5.74) is 7.24. The average molecular weight is 294 g/mol. The minimum Gasteiger partial charge on any atom is -0.339 e. The normalized spacial score (nSPS) is 13.4. The zero-order valence-corrected chi connectivity index (χ0v) is 12.8. The van der Waals surface area contributed by atoms with Gasteiger partial charge in [-0.05, 0) is 23.1 Å². The Balaban J connectivity index is 2.00. The Morgan fingerprint density at radius 2 is 1.90 bits per heavy atom. The molecule has 0 radical (unpaired) electrons. The van der Waals surface area contributed by atoms with Gasteiger partial charge < -0.3 is 10.3 Å². The van der Waals surface area contributed by atoms with E-state index >= 15 is 0 Å². The summed E-state index contributed by atoms with van der Waals surface area (Å²) in [7, 11) is 0. The Kier molecular flexibility index (Phi) is 4.45. The molecule has 5 heteroatoms. The van der Waals surface area contributed by atoms with E-state index in [0.717, 1.165) is 10.6 Å². The second-order valence-corrected chi connectivity index (χ2v) is 6.52. The van der Waals surface area contributed by atoms with E-state index in [2.05, 4.69) is 30.9 Å². The van der Waals surface area contributed by atoms with Crippen LogP contribution in [0.2, 0.25) is 5.02 Å². The first kappa shape index (κ1) is 15.0. The standard InChI is InChI=1S/C15H20ClN3O/c1-15(2,3)12(17)9-14-18-13(19-20-14)8-10-4-6-11(16)7-5-10/h4-7,12H,8-9,17H2,1-3H3. The van der Waals surface area contributed by atoms with Crippen molar-refractivity contribution < 1.29 is 4.52 Å². The van der Waals surface area contributed by atoms with Crippen molar-refractivity contribution >= 4 is 11.6 Å². The van der Waals surface area contributed by atoms with Crippen LogP contribution in [0.5, 0.6) is 0 Å². The molecule has 1 atom stereocenters. The van der Waals surface area contributed by atoms with Crippen molar-refractivity contribution in [1.29, 1.82) is 0 Å². The summed E-state index contributed by atoms with van der Waals surface area (Å²) < 4.78 is 5.26. The molecule has 1 aromatic carbocycles. The highest BCUT2D eigenvalue weighted by Gasteiger charge is 2.23. The smallest absolute Gasteiger partial charge is 0.228 e. The van der Waals surface area contributed by atoms with E-state index in [4.69, 9.17) is 21.9 Å². The molecule has 1 aromatic heterocycles. The molecule has 0 aliphatic heterocycles. The maximum absolute atomic E-state index is 6.12. The fourth-order valence-electron chi connectivity index (χ4n) is 1.72. The van der Waals surface area contributed by atoms with Crippen LogP contribution in [-0.4, -0.2) is 16.2 Å². The highest BCUT2D eigenvalue weighted by molar-refractivity contribution is 6.30. The largest absolute Gasteiger partial charge is 0.339 e. The maximum Gasteiger partial charge on any atom is 0.228 e. The van der Waals surface area contributed by atoms with Crippen LogP contribution in [-0.2, 0) is 12.8 Å². The Labute approximate surface area is 124 Å². The van der Waals surface area contributed by atoms with E-state index in [1.165, 1.54) is 0 Å². The number of nitrogens with zero attached hydrogens (tertiary/aromatic N) is 2. The van der Waals surface area contributed by atoms with E-state index in [0.29, 0.717) is 24.6 Å². The number of hydrogen-bond donors (Lipinski definition) is 1. The molecule has 0 aliphatic rings. The molecule has 0 aliphatic carbocycles. The van der Waals surface area contributed by atoms with E-state index in [-0.39, 0.29) is 11.5 Å². The molecule has 1 unspecified atom stereocenters.